The Morgan fingerprint density at radius 3 is 2.78 bits per heavy atom. The summed E-state index contributed by atoms with van der Waals surface area (Å²) in [4.78, 5) is 0. The topological polar surface area (TPSA) is 80.4 Å². The number of aliphatic hydroxyl groups excluding tert-OH is 2. The minimum atomic E-state index is -0.940. The molecule has 4 atom stereocenters. The molecule has 6 nitrogen and oxygen atoms in total. The summed E-state index contributed by atoms with van der Waals surface area (Å²) in [5.41, 5.74) is 0.577. The van der Waals surface area contributed by atoms with Crippen LogP contribution in [-0.2, 0) is 4.74 Å². The van der Waals surface area contributed by atoms with Gasteiger partial charge in [-0.2, -0.15) is 0 Å². The molecule has 0 radical (unpaired) electrons. The summed E-state index contributed by atoms with van der Waals surface area (Å²) in [5, 5.41) is 27.9. The first kappa shape index (κ1) is 13.5. The lowest BCUT2D eigenvalue weighted by Gasteiger charge is -2.35. The summed E-state index contributed by atoms with van der Waals surface area (Å²) in [6.45, 7) is 6.00. The number of nitrogens with zero attached hydrogens (tertiary/aromatic N) is 3. The van der Waals surface area contributed by atoms with Crippen LogP contribution >= 0.6 is 0 Å². The second-order valence-electron chi connectivity index (χ2n) is 5.10. The van der Waals surface area contributed by atoms with E-state index in [9.17, 15) is 10.2 Å². The predicted molar refractivity (Wildman–Crippen MR) is 64.9 cm³/mol. The van der Waals surface area contributed by atoms with E-state index in [1.54, 1.807) is 10.9 Å². The third-order valence-corrected chi connectivity index (χ3v) is 3.35. The van der Waals surface area contributed by atoms with Gasteiger partial charge in [0, 0.05) is 12.5 Å². The molecule has 1 aliphatic rings. The molecule has 1 fully saturated rings. The van der Waals surface area contributed by atoms with Crippen LogP contribution in [0.5, 0.6) is 0 Å². The van der Waals surface area contributed by atoms with Crippen molar-refractivity contribution in [2.75, 3.05) is 0 Å². The quantitative estimate of drug-likeness (QED) is 0.836. The Morgan fingerprint density at radius 2 is 2.22 bits per heavy atom. The average molecular weight is 255 g/mol. The molecule has 2 rings (SSSR count). The maximum absolute atomic E-state index is 10.0. The number of hydrogen-bond donors (Lipinski definition) is 2. The van der Waals surface area contributed by atoms with E-state index in [0.29, 0.717) is 12.1 Å². The lowest BCUT2D eigenvalue weighted by atomic mass is 9.95. The molecule has 0 amide bonds. The van der Waals surface area contributed by atoms with Gasteiger partial charge in [0.05, 0.1) is 18.4 Å². The van der Waals surface area contributed by atoms with Gasteiger partial charge < -0.3 is 14.9 Å². The van der Waals surface area contributed by atoms with E-state index in [2.05, 4.69) is 10.3 Å². The van der Waals surface area contributed by atoms with Crippen LogP contribution in [0.1, 0.15) is 51.5 Å². The van der Waals surface area contributed by atoms with E-state index >= 15 is 0 Å². The average Bonchev–Trinajstić information content (AvgIpc) is 2.82. The van der Waals surface area contributed by atoms with Gasteiger partial charge in [-0.3, -0.25) is 0 Å². The van der Waals surface area contributed by atoms with Crippen molar-refractivity contribution in [2.24, 2.45) is 0 Å². The van der Waals surface area contributed by atoms with Crippen LogP contribution in [0.25, 0.3) is 0 Å². The van der Waals surface area contributed by atoms with Crippen molar-refractivity contribution >= 4 is 0 Å². The monoisotopic (exact) mass is 255 g/mol. The molecule has 1 saturated heterocycles. The highest BCUT2D eigenvalue weighted by Gasteiger charge is 2.38. The first-order valence-corrected chi connectivity index (χ1v) is 6.46. The van der Waals surface area contributed by atoms with Gasteiger partial charge >= 0.3 is 0 Å². The smallest absolute Gasteiger partial charge is 0.132 e. The summed E-state index contributed by atoms with van der Waals surface area (Å²) in [5.74, 6) is 0. The Hall–Kier alpha value is -0.980. The van der Waals surface area contributed by atoms with Crippen molar-refractivity contribution in [3.05, 3.63) is 11.9 Å². The highest BCUT2D eigenvalue weighted by Crippen LogP contribution is 2.32. The number of aliphatic hydroxyl groups is 2. The Labute approximate surface area is 107 Å². The SMILES string of the molecule is CCC1CC(O)C(O)C(c2cn(C(C)C)nn2)O1. The molecule has 18 heavy (non-hydrogen) atoms. The number of rotatable bonds is 3. The Bertz CT molecular complexity index is 394. The van der Waals surface area contributed by atoms with Crippen LogP contribution < -0.4 is 0 Å². The van der Waals surface area contributed by atoms with Crippen molar-refractivity contribution in [1.82, 2.24) is 15.0 Å². The molecule has 0 aromatic carbocycles. The molecule has 4 unspecified atom stereocenters. The van der Waals surface area contributed by atoms with Crippen LogP contribution in [-0.4, -0.2) is 43.5 Å². The van der Waals surface area contributed by atoms with Crippen molar-refractivity contribution in [1.29, 1.82) is 0 Å². The summed E-state index contributed by atoms with van der Waals surface area (Å²) >= 11 is 0. The fourth-order valence-corrected chi connectivity index (χ4v) is 2.13. The molecule has 2 N–H and O–H groups in total. The van der Waals surface area contributed by atoms with Gasteiger partial charge in [-0.15, -0.1) is 5.10 Å². The van der Waals surface area contributed by atoms with Crippen LogP contribution in [0.2, 0.25) is 0 Å². The van der Waals surface area contributed by atoms with Crippen LogP contribution in [0.4, 0.5) is 0 Å². The minimum absolute atomic E-state index is 0.0439. The van der Waals surface area contributed by atoms with Gasteiger partial charge in [-0.1, -0.05) is 12.1 Å². The van der Waals surface area contributed by atoms with Crippen LogP contribution in [0, 0.1) is 0 Å². The normalized spacial score (nSPS) is 33.0. The zero-order chi connectivity index (χ0) is 13.3. The molecule has 1 aliphatic heterocycles. The van der Waals surface area contributed by atoms with E-state index in [4.69, 9.17) is 4.74 Å². The van der Waals surface area contributed by atoms with Crippen molar-refractivity contribution < 1.29 is 14.9 Å². The molecule has 102 valence electrons. The Balaban J connectivity index is 2.18. The largest absolute Gasteiger partial charge is 0.390 e. The molecule has 0 aliphatic carbocycles. The van der Waals surface area contributed by atoms with E-state index < -0.39 is 18.3 Å². The van der Waals surface area contributed by atoms with Crippen molar-refractivity contribution in [3.8, 4) is 0 Å². The minimum Gasteiger partial charge on any atom is -0.390 e. The fraction of sp³-hybridized carbons (Fsp3) is 0.833. The second-order valence-corrected chi connectivity index (χ2v) is 5.10. The molecule has 6 heteroatoms. The standard InChI is InChI=1S/C12H21N3O3/c1-4-8-5-10(16)11(17)12(18-8)9-6-15(7(2)3)14-13-9/h6-8,10-12,16-17H,4-5H2,1-3H3. The highest BCUT2D eigenvalue weighted by molar-refractivity contribution is 5.04. The van der Waals surface area contributed by atoms with E-state index in [-0.39, 0.29) is 12.1 Å². The maximum atomic E-state index is 10.0. The van der Waals surface area contributed by atoms with Gasteiger partial charge in [-0.25, -0.2) is 4.68 Å². The number of hydrogen-bond acceptors (Lipinski definition) is 5. The van der Waals surface area contributed by atoms with Crippen LogP contribution in [0.15, 0.2) is 6.20 Å². The molecule has 1 aromatic rings. The molecule has 0 saturated carbocycles. The molecule has 2 heterocycles. The zero-order valence-corrected chi connectivity index (χ0v) is 11.0. The Morgan fingerprint density at radius 1 is 1.50 bits per heavy atom. The lowest BCUT2D eigenvalue weighted by Crippen LogP contribution is -2.43. The maximum Gasteiger partial charge on any atom is 0.132 e. The first-order chi connectivity index (χ1) is 8.52. The summed E-state index contributed by atoms with van der Waals surface area (Å²) in [6.07, 6.45) is 0.695. The van der Waals surface area contributed by atoms with Crippen molar-refractivity contribution in [3.63, 3.8) is 0 Å². The summed E-state index contributed by atoms with van der Waals surface area (Å²) in [7, 11) is 0. The Kier molecular flexibility index (Phi) is 3.99. The van der Waals surface area contributed by atoms with Gasteiger partial charge in [-0.05, 0) is 20.3 Å². The predicted octanol–water partition coefficient (Wildman–Crippen LogP) is 0.821. The molecule has 1 aromatic heterocycles. The van der Waals surface area contributed by atoms with E-state index in [1.165, 1.54) is 0 Å². The molecular formula is C12H21N3O3. The summed E-state index contributed by atoms with van der Waals surface area (Å²) < 4.78 is 7.49. The number of ether oxygens (including phenoxy) is 1. The molecule has 0 spiro atoms. The third kappa shape index (κ3) is 2.55. The first-order valence-electron chi connectivity index (χ1n) is 6.46. The number of aromatic nitrogens is 3. The molecule has 0 bridgehead atoms. The van der Waals surface area contributed by atoms with E-state index in [0.717, 1.165) is 6.42 Å². The fourth-order valence-electron chi connectivity index (χ4n) is 2.13. The lowest BCUT2D eigenvalue weighted by molar-refractivity contribution is -0.172. The van der Waals surface area contributed by atoms with Crippen LogP contribution in [0.3, 0.4) is 0 Å². The van der Waals surface area contributed by atoms with E-state index in [1.807, 2.05) is 20.8 Å². The second kappa shape index (κ2) is 5.34. The van der Waals surface area contributed by atoms with Gasteiger partial charge in [0.25, 0.3) is 0 Å². The highest BCUT2D eigenvalue weighted by atomic mass is 16.5. The zero-order valence-electron chi connectivity index (χ0n) is 11.0. The van der Waals surface area contributed by atoms with Gasteiger partial charge in [0.2, 0.25) is 0 Å². The van der Waals surface area contributed by atoms with Gasteiger partial charge in [0.1, 0.15) is 17.9 Å². The summed E-state index contributed by atoms with van der Waals surface area (Å²) in [6, 6.07) is 0.207. The van der Waals surface area contributed by atoms with Crippen molar-refractivity contribution in [2.45, 2.75) is 64.1 Å². The molecular weight excluding hydrogens is 234 g/mol. The third-order valence-electron chi connectivity index (χ3n) is 3.35. The van der Waals surface area contributed by atoms with Gasteiger partial charge in [0.15, 0.2) is 0 Å².